The fourth-order valence-corrected chi connectivity index (χ4v) is 3.94. The van der Waals surface area contributed by atoms with Crippen LogP contribution in [0.25, 0.3) is 0 Å². The second-order valence-corrected chi connectivity index (χ2v) is 6.74. The summed E-state index contributed by atoms with van der Waals surface area (Å²) in [5.41, 5.74) is 0. The van der Waals surface area contributed by atoms with Gasteiger partial charge in [-0.15, -0.1) is 0 Å². The molecule has 96 valence electrons. The minimum atomic E-state index is -3.30. The maximum absolute atomic E-state index is 12.1. The van der Waals surface area contributed by atoms with Gasteiger partial charge in [0.15, 0.2) is 9.84 Å². The molecule has 0 unspecified atom stereocenters. The van der Waals surface area contributed by atoms with Gasteiger partial charge >= 0.3 is 0 Å². The van der Waals surface area contributed by atoms with Crippen LogP contribution in [0.2, 0.25) is 0 Å². The Balaban J connectivity index is 2.01. The summed E-state index contributed by atoms with van der Waals surface area (Å²) in [6.07, 6.45) is 7.77. The Labute approximate surface area is 102 Å². The predicted octanol–water partition coefficient (Wildman–Crippen LogP) is 0.748. The normalized spacial score (nSPS) is 26.9. The van der Waals surface area contributed by atoms with Gasteiger partial charge in [0.2, 0.25) is 0 Å². The van der Waals surface area contributed by atoms with Crippen LogP contribution in [-0.2, 0) is 9.84 Å². The van der Waals surface area contributed by atoms with Crippen LogP contribution in [0.15, 0.2) is 23.1 Å². The van der Waals surface area contributed by atoms with Crippen LogP contribution in [0.4, 0.5) is 0 Å². The molecule has 0 aromatic rings. The van der Waals surface area contributed by atoms with E-state index in [4.69, 9.17) is 0 Å². The number of aliphatic hydroxyl groups is 1. The third-order valence-electron chi connectivity index (χ3n) is 3.33. The molecule has 2 N–H and O–H groups in total. The molecule has 0 saturated carbocycles. The van der Waals surface area contributed by atoms with Crippen LogP contribution in [-0.4, -0.2) is 38.0 Å². The average Bonchev–Trinajstić information content (AvgIpc) is 2.83. The Bertz CT molecular complexity index is 419. The van der Waals surface area contributed by atoms with E-state index in [0.29, 0.717) is 11.3 Å². The number of aliphatic hydroxyl groups excluding tert-OH is 1. The summed E-state index contributed by atoms with van der Waals surface area (Å²) in [4.78, 5) is 0.456. The Hall–Kier alpha value is -0.650. The zero-order valence-electron chi connectivity index (χ0n) is 9.80. The fraction of sp³-hybridized carbons (Fsp3) is 0.667. The van der Waals surface area contributed by atoms with Crippen molar-refractivity contribution in [3.8, 4) is 0 Å². The highest BCUT2D eigenvalue weighted by atomic mass is 32.2. The van der Waals surface area contributed by atoms with E-state index in [9.17, 15) is 13.5 Å². The van der Waals surface area contributed by atoms with Gasteiger partial charge in [-0.1, -0.05) is 12.2 Å². The first-order valence-corrected chi connectivity index (χ1v) is 7.75. The summed E-state index contributed by atoms with van der Waals surface area (Å²) in [6, 6.07) is -0.0653. The van der Waals surface area contributed by atoms with E-state index in [1.807, 2.05) is 6.08 Å². The van der Waals surface area contributed by atoms with Crippen molar-refractivity contribution < 1.29 is 13.5 Å². The summed E-state index contributed by atoms with van der Waals surface area (Å²) in [7, 11) is -3.30. The quantitative estimate of drug-likeness (QED) is 0.780. The summed E-state index contributed by atoms with van der Waals surface area (Å²) >= 11 is 0. The third-order valence-corrected chi connectivity index (χ3v) is 5.25. The number of hydrogen-bond acceptors (Lipinski definition) is 4. The molecule has 5 heteroatoms. The molecule has 0 spiro atoms. The lowest BCUT2D eigenvalue weighted by molar-refractivity contribution is 0.157. The van der Waals surface area contributed by atoms with Crippen LogP contribution in [0.1, 0.15) is 25.7 Å². The van der Waals surface area contributed by atoms with E-state index in [1.54, 1.807) is 12.2 Å². The van der Waals surface area contributed by atoms with Gasteiger partial charge in [-0.3, -0.25) is 0 Å². The molecular weight excluding hydrogens is 238 g/mol. The Morgan fingerprint density at radius 2 is 2.35 bits per heavy atom. The van der Waals surface area contributed by atoms with E-state index in [0.717, 1.165) is 25.8 Å². The molecule has 1 aliphatic heterocycles. The zero-order valence-corrected chi connectivity index (χ0v) is 10.6. The van der Waals surface area contributed by atoms with E-state index >= 15 is 0 Å². The number of hydrogen-bond donors (Lipinski definition) is 2. The lowest BCUT2D eigenvalue weighted by atomic mass is 10.1. The number of allylic oxidation sites excluding steroid dienone is 4. The number of nitrogens with one attached hydrogen (secondary N) is 1. The second-order valence-electron chi connectivity index (χ2n) is 4.65. The third kappa shape index (κ3) is 3.18. The van der Waals surface area contributed by atoms with Crippen LogP contribution in [0.3, 0.4) is 0 Å². The van der Waals surface area contributed by atoms with E-state index in [-0.39, 0.29) is 11.8 Å². The molecule has 1 saturated heterocycles. The molecule has 4 nitrogen and oxygen atoms in total. The molecule has 0 radical (unpaired) electrons. The topological polar surface area (TPSA) is 66.4 Å². The average molecular weight is 257 g/mol. The lowest BCUT2D eigenvalue weighted by Gasteiger charge is -2.19. The van der Waals surface area contributed by atoms with Crippen molar-refractivity contribution >= 4 is 9.84 Å². The molecular formula is C12H19NO3S. The van der Waals surface area contributed by atoms with Gasteiger partial charge in [0.25, 0.3) is 0 Å². The molecule has 2 atom stereocenters. The van der Waals surface area contributed by atoms with E-state index in [2.05, 4.69) is 5.32 Å². The van der Waals surface area contributed by atoms with Gasteiger partial charge in [0.05, 0.1) is 11.9 Å². The smallest absolute Gasteiger partial charge is 0.177 e. The molecule has 2 aliphatic rings. The van der Waals surface area contributed by atoms with Crippen molar-refractivity contribution in [2.75, 3.05) is 12.3 Å². The Kier molecular flexibility index (Phi) is 4.01. The van der Waals surface area contributed by atoms with Gasteiger partial charge < -0.3 is 10.4 Å². The highest BCUT2D eigenvalue weighted by Gasteiger charge is 2.29. The maximum Gasteiger partial charge on any atom is 0.177 e. The van der Waals surface area contributed by atoms with Crippen molar-refractivity contribution in [2.24, 2.45) is 0 Å². The van der Waals surface area contributed by atoms with Gasteiger partial charge in [0, 0.05) is 10.9 Å². The SMILES string of the molecule is O=S(=O)(C[C@@H](O)[C@H]1CCCN1)C1=CC=CCC1. The molecule has 2 rings (SSSR count). The number of sulfone groups is 1. The van der Waals surface area contributed by atoms with Crippen LogP contribution in [0.5, 0.6) is 0 Å². The van der Waals surface area contributed by atoms with Gasteiger partial charge in [0.1, 0.15) is 0 Å². The summed E-state index contributed by atoms with van der Waals surface area (Å²) in [5.74, 6) is -0.162. The van der Waals surface area contributed by atoms with Gasteiger partial charge in [-0.05, 0) is 38.3 Å². The van der Waals surface area contributed by atoms with Gasteiger partial charge in [-0.2, -0.15) is 0 Å². The minimum Gasteiger partial charge on any atom is -0.390 e. The molecule has 1 fully saturated rings. The monoisotopic (exact) mass is 257 g/mol. The van der Waals surface area contributed by atoms with Crippen LogP contribution >= 0.6 is 0 Å². The lowest BCUT2D eigenvalue weighted by Crippen LogP contribution is -2.39. The molecule has 0 bridgehead atoms. The molecule has 0 aromatic heterocycles. The summed E-state index contributed by atoms with van der Waals surface area (Å²) < 4.78 is 24.1. The molecule has 0 amide bonds. The van der Waals surface area contributed by atoms with Crippen LogP contribution < -0.4 is 5.32 Å². The Morgan fingerprint density at radius 1 is 1.53 bits per heavy atom. The van der Waals surface area contributed by atoms with Crippen molar-refractivity contribution in [1.82, 2.24) is 5.32 Å². The molecule has 17 heavy (non-hydrogen) atoms. The standard InChI is InChI=1S/C12H19NO3S/c14-12(11-7-4-8-13-11)9-17(15,16)10-5-2-1-3-6-10/h1-2,5,11-14H,3-4,6-9H2/t11-,12-/m1/s1. The Morgan fingerprint density at radius 3 is 2.94 bits per heavy atom. The first kappa shape index (κ1) is 12.8. The largest absolute Gasteiger partial charge is 0.390 e. The summed E-state index contributed by atoms with van der Waals surface area (Å²) in [5, 5.41) is 13.1. The minimum absolute atomic E-state index is 0.0653. The van der Waals surface area contributed by atoms with E-state index in [1.165, 1.54) is 0 Å². The second kappa shape index (κ2) is 5.33. The highest BCUT2D eigenvalue weighted by Crippen LogP contribution is 2.21. The zero-order chi connectivity index (χ0) is 12.3. The van der Waals surface area contributed by atoms with Crippen LogP contribution in [0, 0.1) is 0 Å². The van der Waals surface area contributed by atoms with Crippen molar-refractivity contribution in [3.05, 3.63) is 23.1 Å². The first-order chi connectivity index (χ1) is 8.09. The number of rotatable bonds is 4. The predicted molar refractivity (Wildman–Crippen MR) is 67.3 cm³/mol. The van der Waals surface area contributed by atoms with Crippen molar-refractivity contribution in [2.45, 2.75) is 37.8 Å². The molecule has 0 aromatic carbocycles. The maximum atomic E-state index is 12.1. The molecule has 1 heterocycles. The highest BCUT2D eigenvalue weighted by molar-refractivity contribution is 7.95. The molecule has 1 aliphatic carbocycles. The summed E-state index contributed by atoms with van der Waals surface area (Å²) in [6.45, 7) is 0.868. The first-order valence-electron chi connectivity index (χ1n) is 6.09. The van der Waals surface area contributed by atoms with Gasteiger partial charge in [-0.25, -0.2) is 8.42 Å². The van der Waals surface area contributed by atoms with E-state index < -0.39 is 15.9 Å². The fourth-order valence-electron chi connectivity index (χ4n) is 2.33. The van der Waals surface area contributed by atoms with Crippen molar-refractivity contribution in [1.29, 1.82) is 0 Å². The van der Waals surface area contributed by atoms with Crippen molar-refractivity contribution in [3.63, 3.8) is 0 Å².